The Hall–Kier alpha value is -3.40. The summed E-state index contributed by atoms with van der Waals surface area (Å²) in [7, 11) is 0. The van der Waals surface area contributed by atoms with E-state index in [0.29, 0.717) is 16.9 Å². The van der Waals surface area contributed by atoms with Crippen LogP contribution in [0.3, 0.4) is 0 Å². The highest BCUT2D eigenvalue weighted by atomic mass is 16.5. The Bertz CT molecular complexity index is 1000. The van der Waals surface area contributed by atoms with Gasteiger partial charge in [0, 0.05) is 11.1 Å². The number of hydrogen-bond acceptors (Lipinski definition) is 3. The third kappa shape index (κ3) is 6.31. The lowest BCUT2D eigenvalue weighted by Crippen LogP contribution is -2.17. The summed E-state index contributed by atoms with van der Waals surface area (Å²) >= 11 is 0. The fraction of sp³-hybridized carbons (Fsp3) is 0.231. The molecule has 2 N–H and O–H groups in total. The van der Waals surface area contributed by atoms with Crippen molar-refractivity contribution in [2.75, 3.05) is 0 Å². The smallest absolute Gasteiger partial charge is 0.343 e. The van der Waals surface area contributed by atoms with Gasteiger partial charge >= 0.3 is 5.97 Å². The van der Waals surface area contributed by atoms with Gasteiger partial charge in [-0.25, -0.2) is 4.79 Å². The molecule has 0 saturated carbocycles. The molecule has 30 heavy (non-hydrogen) atoms. The van der Waals surface area contributed by atoms with E-state index in [4.69, 9.17) is 10.5 Å². The first kappa shape index (κ1) is 22.9. The molecule has 0 aliphatic heterocycles. The summed E-state index contributed by atoms with van der Waals surface area (Å²) in [6, 6.07) is 22.0. The molecule has 0 aliphatic rings. The van der Waals surface area contributed by atoms with Crippen molar-refractivity contribution in [3.05, 3.63) is 101 Å². The highest BCUT2D eigenvalue weighted by Crippen LogP contribution is 2.35. The van der Waals surface area contributed by atoms with Gasteiger partial charge in [0.1, 0.15) is 5.75 Å². The number of aryl methyl sites for hydroxylation is 2. The van der Waals surface area contributed by atoms with E-state index in [1.54, 1.807) is 36.4 Å². The van der Waals surface area contributed by atoms with Gasteiger partial charge in [-0.15, -0.1) is 0 Å². The molecule has 0 saturated heterocycles. The first-order valence-electron chi connectivity index (χ1n) is 9.83. The van der Waals surface area contributed by atoms with E-state index < -0.39 is 0 Å². The molecule has 0 spiro atoms. The molecule has 0 aliphatic carbocycles. The van der Waals surface area contributed by atoms with Gasteiger partial charge < -0.3 is 10.5 Å². The van der Waals surface area contributed by atoms with E-state index in [1.807, 2.05) is 37.3 Å². The Morgan fingerprint density at radius 2 is 1.30 bits per heavy atom. The van der Waals surface area contributed by atoms with Crippen LogP contribution in [0.5, 0.6) is 5.75 Å². The molecule has 0 radical (unpaired) electrons. The van der Waals surface area contributed by atoms with Gasteiger partial charge in [-0.2, -0.15) is 0 Å². The molecular formula is C26H29NO3. The monoisotopic (exact) mass is 403 g/mol. The normalized spacial score (nSPS) is 10.6. The molecule has 0 bridgehead atoms. The van der Waals surface area contributed by atoms with Crippen molar-refractivity contribution in [3.63, 3.8) is 0 Å². The summed E-state index contributed by atoms with van der Waals surface area (Å²) in [5.74, 6) is -0.00870. The van der Waals surface area contributed by atoms with Gasteiger partial charge in [0.05, 0.1) is 5.56 Å². The molecule has 3 aromatic carbocycles. The summed E-state index contributed by atoms with van der Waals surface area (Å²) < 4.78 is 5.70. The molecule has 0 heterocycles. The first-order valence-corrected chi connectivity index (χ1v) is 9.83. The maximum Gasteiger partial charge on any atom is 0.343 e. The molecule has 0 fully saturated rings. The Labute approximate surface area is 178 Å². The maximum absolute atomic E-state index is 12.3. The predicted octanol–water partition coefficient (Wildman–Crippen LogP) is 5.61. The zero-order chi connectivity index (χ0) is 22.3. The molecule has 0 atom stereocenters. The number of rotatable bonds is 3. The fourth-order valence-electron chi connectivity index (χ4n) is 2.98. The zero-order valence-corrected chi connectivity index (χ0v) is 18.2. The van der Waals surface area contributed by atoms with E-state index in [-0.39, 0.29) is 17.3 Å². The van der Waals surface area contributed by atoms with Crippen LogP contribution in [0.25, 0.3) is 0 Å². The lowest BCUT2D eigenvalue weighted by molar-refractivity contribution is 0.0730. The molecule has 0 aromatic heterocycles. The first-order chi connectivity index (χ1) is 14.1. The van der Waals surface area contributed by atoms with E-state index in [2.05, 4.69) is 33.8 Å². The van der Waals surface area contributed by atoms with Crippen LogP contribution in [0, 0.1) is 13.8 Å². The van der Waals surface area contributed by atoms with Gasteiger partial charge in [0.2, 0.25) is 5.91 Å². The number of esters is 1. The van der Waals surface area contributed by atoms with Crippen LogP contribution in [-0.4, -0.2) is 11.9 Å². The summed E-state index contributed by atoms with van der Waals surface area (Å²) in [5, 5.41) is 0. The largest absolute Gasteiger partial charge is 0.422 e. The second kappa shape index (κ2) is 9.88. The SMILES string of the molecule is Cc1cc(C)c(OC(=O)c2ccccc2)c(C(C)(C)C)c1.NC(=O)c1ccccc1. The maximum atomic E-state index is 12.3. The number of carbonyl (C=O) groups excluding carboxylic acids is 2. The average molecular weight is 404 g/mol. The van der Waals surface area contributed by atoms with Crippen molar-refractivity contribution >= 4 is 11.9 Å². The second-order valence-electron chi connectivity index (χ2n) is 8.19. The number of nitrogens with two attached hydrogens (primary N) is 1. The van der Waals surface area contributed by atoms with E-state index >= 15 is 0 Å². The average Bonchev–Trinajstić information content (AvgIpc) is 2.70. The van der Waals surface area contributed by atoms with Crippen LogP contribution in [0.4, 0.5) is 0 Å². The van der Waals surface area contributed by atoms with E-state index in [0.717, 1.165) is 11.1 Å². The van der Waals surface area contributed by atoms with Crippen LogP contribution >= 0.6 is 0 Å². The molecular weight excluding hydrogens is 374 g/mol. The van der Waals surface area contributed by atoms with E-state index in [9.17, 15) is 9.59 Å². The Morgan fingerprint density at radius 3 is 1.73 bits per heavy atom. The minimum absolute atomic E-state index is 0.0803. The second-order valence-corrected chi connectivity index (χ2v) is 8.19. The third-order valence-corrected chi connectivity index (χ3v) is 4.49. The number of carbonyl (C=O) groups is 2. The Morgan fingerprint density at radius 1 is 0.800 bits per heavy atom. The number of ether oxygens (including phenoxy) is 1. The summed E-state index contributed by atoms with van der Waals surface area (Å²) in [4.78, 5) is 22.7. The van der Waals surface area contributed by atoms with Crippen LogP contribution in [0.15, 0.2) is 72.8 Å². The summed E-state index contributed by atoms with van der Waals surface area (Å²) in [6.45, 7) is 10.4. The number of primary amides is 1. The molecule has 3 rings (SSSR count). The van der Waals surface area contributed by atoms with Crippen LogP contribution in [-0.2, 0) is 5.41 Å². The fourth-order valence-corrected chi connectivity index (χ4v) is 2.98. The highest BCUT2D eigenvalue weighted by Gasteiger charge is 2.23. The molecule has 3 aromatic rings. The predicted molar refractivity (Wildman–Crippen MR) is 121 cm³/mol. The van der Waals surface area contributed by atoms with Gasteiger partial charge in [0.25, 0.3) is 0 Å². The lowest BCUT2D eigenvalue weighted by atomic mass is 9.84. The third-order valence-electron chi connectivity index (χ3n) is 4.49. The number of amides is 1. The van der Waals surface area contributed by atoms with Crippen molar-refractivity contribution in [1.29, 1.82) is 0 Å². The number of hydrogen-bond donors (Lipinski definition) is 1. The van der Waals surface area contributed by atoms with Gasteiger partial charge in [-0.1, -0.05) is 74.9 Å². The standard InChI is InChI=1S/C19H22O2.C7H7NO/c1-13-11-14(2)17(16(12-13)19(3,4)5)21-18(20)15-9-7-6-8-10-15;8-7(9)6-4-2-1-3-5-6/h6-12H,1-5H3;1-5H,(H2,8,9). The molecule has 0 unspecified atom stereocenters. The topological polar surface area (TPSA) is 69.4 Å². The lowest BCUT2D eigenvalue weighted by Gasteiger charge is -2.24. The highest BCUT2D eigenvalue weighted by molar-refractivity contribution is 5.92. The quantitative estimate of drug-likeness (QED) is 0.457. The van der Waals surface area contributed by atoms with Crippen molar-refractivity contribution in [2.24, 2.45) is 5.73 Å². The Kier molecular flexibility index (Phi) is 7.54. The van der Waals surface area contributed by atoms with Crippen molar-refractivity contribution in [1.82, 2.24) is 0 Å². The van der Waals surface area contributed by atoms with Crippen LogP contribution in [0.1, 0.15) is 58.2 Å². The van der Waals surface area contributed by atoms with Gasteiger partial charge in [0.15, 0.2) is 0 Å². The Balaban J connectivity index is 0.000000297. The minimum atomic E-state index is -0.379. The van der Waals surface area contributed by atoms with Crippen molar-refractivity contribution < 1.29 is 14.3 Å². The zero-order valence-electron chi connectivity index (χ0n) is 18.2. The molecule has 4 nitrogen and oxygen atoms in total. The van der Waals surface area contributed by atoms with Gasteiger partial charge in [-0.3, -0.25) is 4.79 Å². The van der Waals surface area contributed by atoms with Gasteiger partial charge in [-0.05, 0) is 49.1 Å². The van der Waals surface area contributed by atoms with E-state index in [1.165, 1.54) is 5.56 Å². The molecule has 4 heteroatoms. The van der Waals surface area contributed by atoms with Crippen LogP contribution in [0.2, 0.25) is 0 Å². The minimum Gasteiger partial charge on any atom is -0.422 e. The summed E-state index contributed by atoms with van der Waals surface area (Å²) in [5.41, 5.74) is 9.24. The summed E-state index contributed by atoms with van der Waals surface area (Å²) in [6.07, 6.45) is 0. The van der Waals surface area contributed by atoms with Crippen molar-refractivity contribution in [3.8, 4) is 5.75 Å². The molecule has 156 valence electrons. The van der Waals surface area contributed by atoms with Crippen molar-refractivity contribution in [2.45, 2.75) is 40.0 Å². The molecule has 1 amide bonds. The van der Waals surface area contributed by atoms with Crippen LogP contribution < -0.4 is 10.5 Å². The number of benzene rings is 3.